The first-order chi connectivity index (χ1) is 19.4. The third kappa shape index (κ3) is 4.84. The number of benzene rings is 3. The highest BCUT2D eigenvalue weighted by Crippen LogP contribution is 2.55. The standard InChI is InChI=1S/C36H35NO4/c1-35(2)18-27-32(29(38)20-35)31(24-12-10-23(11-13-24)22-8-6-5-7-9-22)33-28(19-36(3,4)21-30(33)39)37(27)26-16-14-25(15-17-26)34(40)41/h5-17,31H,18-21H2,1-4H3,(H,40,41). The van der Waals surface area contributed by atoms with Gasteiger partial charge in [-0.2, -0.15) is 0 Å². The molecule has 3 aromatic rings. The Hall–Kier alpha value is -4.25. The average molecular weight is 546 g/mol. The van der Waals surface area contributed by atoms with Crippen LogP contribution in [0.25, 0.3) is 11.1 Å². The zero-order valence-electron chi connectivity index (χ0n) is 24.0. The number of nitrogens with zero attached hydrogens (tertiary/aromatic N) is 1. The van der Waals surface area contributed by atoms with Crippen molar-refractivity contribution in [1.29, 1.82) is 0 Å². The van der Waals surface area contributed by atoms with Crippen molar-refractivity contribution in [3.05, 3.63) is 113 Å². The maximum absolute atomic E-state index is 14.0. The number of hydrogen-bond donors (Lipinski definition) is 1. The molecule has 41 heavy (non-hydrogen) atoms. The van der Waals surface area contributed by atoms with Crippen LogP contribution >= 0.6 is 0 Å². The second kappa shape index (κ2) is 9.69. The topological polar surface area (TPSA) is 74.7 Å². The molecule has 0 bridgehead atoms. The minimum atomic E-state index is -0.989. The van der Waals surface area contributed by atoms with Crippen molar-refractivity contribution in [2.45, 2.75) is 59.3 Å². The quantitative estimate of drug-likeness (QED) is 0.360. The third-order valence-corrected chi connectivity index (χ3v) is 8.63. The molecule has 1 aliphatic heterocycles. The summed E-state index contributed by atoms with van der Waals surface area (Å²) in [6, 6.07) is 25.3. The van der Waals surface area contributed by atoms with Crippen LogP contribution in [0.2, 0.25) is 0 Å². The van der Waals surface area contributed by atoms with E-state index in [2.05, 4.69) is 69.0 Å². The Kier molecular flexibility index (Phi) is 6.37. The zero-order chi connectivity index (χ0) is 29.1. The van der Waals surface area contributed by atoms with Crippen molar-refractivity contribution < 1.29 is 19.5 Å². The Balaban J connectivity index is 1.57. The van der Waals surface area contributed by atoms with E-state index in [0.29, 0.717) is 36.8 Å². The summed E-state index contributed by atoms with van der Waals surface area (Å²) in [6.45, 7) is 8.46. The summed E-state index contributed by atoms with van der Waals surface area (Å²) in [5.41, 5.74) is 6.89. The highest BCUT2D eigenvalue weighted by molar-refractivity contribution is 6.08. The summed E-state index contributed by atoms with van der Waals surface area (Å²) in [7, 11) is 0. The maximum Gasteiger partial charge on any atom is 0.335 e. The van der Waals surface area contributed by atoms with E-state index in [1.54, 1.807) is 24.3 Å². The zero-order valence-corrected chi connectivity index (χ0v) is 24.0. The molecular formula is C36H35NO4. The molecular weight excluding hydrogens is 510 g/mol. The molecule has 0 atom stereocenters. The molecule has 5 heteroatoms. The second-order valence-electron chi connectivity index (χ2n) is 13.2. The molecule has 5 nitrogen and oxygen atoms in total. The number of allylic oxidation sites excluding steroid dienone is 4. The number of carboxylic acid groups (broad SMARTS) is 1. The average Bonchev–Trinajstić information content (AvgIpc) is 2.91. The van der Waals surface area contributed by atoms with Gasteiger partial charge in [-0.1, -0.05) is 82.3 Å². The fourth-order valence-corrected chi connectivity index (χ4v) is 6.86. The molecule has 1 N–H and O–H groups in total. The molecule has 1 heterocycles. The fraction of sp³-hybridized carbons (Fsp3) is 0.306. The van der Waals surface area contributed by atoms with Gasteiger partial charge in [0.2, 0.25) is 0 Å². The van der Waals surface area contributed by atoms with E-state index in [9.17, 15) is 19.5 Å². The van der Waals surface area contributed by atoms with Crippen LogP contribution in [-0.4, -0.2) is 22.6 Å². The Morgan fingerprint density at radius 3 is 1.66 bits per heavy atom. The predicted octanol–water partition coefficient (Wildman–Crippen LogP) is 7.94. The van der Waals surface area contributed by atoms with E-state index in [1.165, 1.54) is 0 Å². The second-order valence-corrected chi connectivity index (χ2v) is 13.2. The fourth-order valence-electron chi connectivity index (χ4n) is 6.86. The molecule has 3 aliphatic rings. The van der Waals surface area contributed by atoms with Crippen molar-refractivity contribution in [3.8, 4) is 11.1 Å². The number of anilines is 1. The van der Waals surface area contributed by atoms with Gasteiger partial charge in [0.25, 0.3) is 0 Å². The van der Waals surface area contributed by atoms with Crippen molar-refractivity contribution >= 4 is 23.2 Å². The molecule has 208 valence electrons. The van der Waals surface area contributed by atoms with Gasteiger partial charge >= 0.3 is 5.97 Å². The maximum atomic E-state index is 14.0. The monoisotopic (exact) mass is 545 g/mol. The summed E-state index contributed by atoms with van der Waals surface area (Å²) >= 11 is 0. The molecule has 0 spiro atoms. The van der Waals surface area contributed by atoms with Crippen LogP contribution in [0.4, 0.5) is 5.69 Å². The number of carbonyl (C=O) groups is 3. The van der Waals surface area contributed by atoms with Crippen molar-refractivity contribution in [2.75, 3.05) is 4.90 Å². The molecule has 2 aliphatic carbocycles. The third-order valence-electron chi connectivity index (χ3n) is 8.63. The predicted molar refractivity (Wildman–Crippen MR) is 161 cm³/mol. The Morgan fingerprint density at radius 2 is 1.17 bits per heavy atom. The van der Waals surface area contributed by atoms with Crippen LogP contribution < -0.4 is 4.90 Å². The number of Topliss-reactive ketones (excluding diaryl/α,β-unsaturated/α-hetero) is 2. The number of aromatic carboxylic acids is 1. The normalized spacial score (nSPS) is 20.1. The molecule has 0 aromatic heterocycles. The van der Waals surface area contributed by atoms with Gasteiger partial charge in [0.15, 0.2) is 11.6 Å². The number of rotatable bonds is 4. The lowest BCUT2D eigenvalue weighted by Gasteiger charge is -2.49. The van der Waals surface area contributed by atoms with Crippen LogP contribution in [0.15, 0.2) is 101 Å². The minimum absolute atomic E-state index is 0.0738. The van der Waals surface area contributed by atoms with E-state index >= 15 is 0 Å². The molecule has 0 radical (unpaired) electrons. The van der Waals surface area contributed by atoms with Gasteiger partial charge in [0.1, 0.15) is 0 Å². The number of hydrogen-bond acceptors (Lipinski definition) is 4. The SMILES string of the molecule is CC1(C)CC(=O)C2=C(C1)N(c1ccc(C(=O)O)cc1)C1=C(C(=O)CC(C)(C)C1)C2c1ccc(-c2ccccc2)cc1. The summed E-state index contributed by atoms with van der Waals surface area (Å²) in [5, 5.41) is 9.50. The summed E-state index contributed by atoms with van der Waals surface area (Å²) < 4.78 is 0. The minimum Gasteiger partial charge on any atom is -0.478 e. The van der Waals surface area contributed by atoms with Crippen LogP contribution in [0.3, 0.4) is 0 Å². The van der Waals surface area contributed by atoms with Gasteiger partial charge in [0.05, 0.1) is 5.56 Å². The smallest absolute Gasteiger partial charge is 0.335 e. The molecule has 6 rings (SSSR count). The lowest BCUT2D eigenvalue weighted by atomic mass is 9.63. The highest BCUT2D eigenvalue weighted by Gasteiger charge is 2.49. The van der Waals surface area contributed by atoms with Crippen LogP contribution in [0, 0.1) is 10.8 Å². The van der Waals surface area contributed by atoms with Gasteiger partial charge in [-0.15, -0.1) is 0 Å². The van der Waals surface area contributed by atoms with Crippen molar-refractivity contribution in [2.24, 2.45) is 10.8 Å². The largest absolute Gasteiger partial charge is 0.478 e. The van der Waals surface area contributed by atoms with Gasteiger partial charge in [-0.25, -0.2) is 4.79 Å². The van der Waals surface area contributed by atoms with E-state index in [0.717, 1.165) is 33.8 Å². The van der Waals surface area contributed by atoms with E-state index < -0.39 is 11.9 Å². The molecule has 0 saturated heterocycles. The highest BCUT2D eigenvalue weighted by atomic mass is 16.4. The molecule has 0 saturated carbocycles. The number of ketones is 2. The molecule has 0 amide bonds. The number of carbonyl (C=O) groups excluding carboxylic acids is 2. The van der Waals surface area contributed by atoms with E-state index in [-0.39, 0.29) is 28.0 Å². The Bertz CT molecular complexity index is 1570. The van der Waals surface area contributed by atoms with Crippen LogP contribution in [-0.2, 0) is 9.59 Å². The molecule has 3 aromatic carbocycles. The van der Waals surface area contributed by atoms with E-state index in [4.69, 9.17) is 0 Å². The Morgan fingerprint density at radius 1 is 0.683 bits per heavy atom. The molecule has 0 unspecified atom stereocenters. The Labute approximate surface area is 241 Å². The van der Waals surface area contributed by atoms with Crippen LogP contribution in [0.1, 0.15) is 75.2 Å². The molecule has 0 fully saturated rings. The van der Waals surface area contributed by atoms with Crippen molar-refractivity contribution in [1.82, 2.24) is 0 Å². The van der Waals surface area contributed by atoms with Gasteiger partial charge in [-0.3, -0.25) is 9.59 Å². The van der Waals surface area contributed by atoms with Crippen LogP contribution in [0.5, 0.6) is 0 Å². The van der Waals surface area contributed by atoms with Crippen molar-refractivity contribution in [3.63, 3.8) is 0 Å². The summed E-state index contributed by atoms with van der Waals surface area (Å²) in [4.78, 5) is 41.8. The first kappa shape index (κ1) is 26.9. The summed E-state index contributed by atoms with van der Waals surface area (Å²) in [5.74, 6) is -1.27. The van der Waals surface area contributed by atoms with Gasteiger partial charge < -0.3 is 10.0 Å². The summed E-state index contributed by atoms with van der Waals surface area (Å²) in [6.07, 6.45) is 2.19. The van der Waals surface area contributed by atoms with Gasteiger partial charge in [-0.05, 0) is 64.6 Å². The first-order valence-corrected chi connectivity index (χ1v) is 14.3. The van der Waals surface area contributed by atoms with E-state index in [1.807, 2.05) is 18.2 Å². The first-order valence-electron chi connectivity index (χ1n) is 14.3. The number of carboxylic acids is 1. The lowest BCUT2D eigenvalue weighted by molar-refractivity contribution is -0.119. The van der Waals surface area contributed by atoms with Gasteiger partial charge in [0, 0.05) is 47.0 Å². The lowest BCUT2D eigenvalue weighted by Crippen LogP contribution is -2.44.